The molecule has 1 aliphatic rings. The van der Waals surface area contributed by atoms with Gasteiger partial charge in [-0.05, 0) is 117 Å². The molecule has 5 aromatic rings. The SMILES string of the molecule is CC(C)C[C@H](NC(=O)OCC1c2ccccc2-c2ccccc21)C(=O)N[C@@H](Cc1ccc(OC(C)(C)C)cc1)C(=O)N[C@H](Cc1ccc(OC(C)(C)C)cc1)C(=O)N[C@@H](Cc1ccccc1)C(=O)O. The van der Waals surface area contributed by atoms with Crippen molar-refractivity contribution < 1.29 is 43.3 Å². The standard InChI is InChI=1S/C56H66N4O9/c1-35(2)30-46(60-54(66)67-34-45-43-20-14-12-18-41(43)42-19-13-15-21-44(42)45)50(61)57-47(31-37-22-26-39(27-23-37)68-55(3,4)5)51(62)58-48(32-38-24-28-40(29-25-38)69-56(6,7)8)52(63)59-49(53(64)65)33-36-16-10-9-11-17-36/h9-29,35,45-49H,30-34H2,1-8H3,(H,57,61)(H,58,62)(H,59,63)(H,60,66)(H,64,65)/t46-,47-,48+,49-/m0/s1. The summed E-state index contributed by atoms with van der Waals surface area (Å²) in [6, 6.07) is 34.2. The fraction of sp³-hybridized carbons (Fsp3) is 0.375. The van der Waals surface area contributed by atoms with E-state index in [0.717, 1.165) is 22.3 Å². The molecule has 4 amide bonds. The minimum absolute atomic E-state index is 0.00292. The Morgan fingerprint density at radius 1 is 0.507 bits per heavy atom. The average Bonchev–Trinajstić information content (AvgIpc) is 3.61. The second kappa shape index (κ2) is 22.8. The van der Waals surface area contributed by atoms with Crippen molar-refractivity contribution in [3.63, 3.8) is 0 Å². The van der Waals surface area contributed by atoms with Crippen molar-refractivity contribution in [3.8, 4) is 22.6 Å². The molecule has 0 aliphatic heterocycles. The summed E-state index contributed by atoms with van der Waals surface area (Å²) >= 11 is 0. The molecule has 0 heterocycles. The van der Waals surface area contributed by atoms with E-state index in [2.05, 4.69) is 21.3 Å². The Labute approximate surface area is 405 Å². The Bertz CT molecular complexity index is 2500. The number of rotatable bonds is 20. The van der Waals surface area contributed by atoms with Crippen LogP contribution in [0.25, 0.3) is 11.1 Å². The molecule has 69 heavy (non-hydrogen) atoms. The molecule has 0 bridgehead atoms. The lowest BCUT2D eigenvalue weighted by molar-refractivity contribution is -0.142. The zero-order chi connectivity index (χ0) is 49.9. The van der Waals surface area contributed by atoms with Gasteiger partial charge in [0.25, 0.3) is 0 Å². The van der Waals surface area contributed by atoms with E-state index in [9.17, 15) is 29.1 Å². The van der Waals surface area contributed by atoms with Crippen LogP contribution in [-0.2, 0) is 43.2 Å². The number of carboxylic acids is 1. The van der Waals surface area contributed by atoms with Gasteiger partial charge in [-0.1, -0.05) is 117 Å². The van der Waals surface area contributed by atoms with Gasteiger partial charge in [0, 0.05) is 25.2 Å². The molecule has 364 valence electrons. The zero-order valence-corrected chi connectivity index (χ0v) is 40.8. The van der Waals surface area contributed by atoms with Crippen LogP contribution >= 0.6 is 0 Å². The molecular weight excluding hydrogens is 873 g/mol. The quantitative estimate of drug-likeness (QED) is 0.0511. The van der Waals surface area contributed by atoms with Crippen LogP contribution in [0.4, 0.5) is 4.79 Å². The highest BCUT2D eigenvalue weighted by Gasteiger charge is 2.34. The summed E-state index contributed by atoms with van der Waals surface area (Å²) in [6.45, 7) is 15.5. The van der Waals surface area contributed by atoms with E-state index in [1.165, 1.54) is 0 Å². The summed E-state index contributed by atoms with van der Waals surface area (Å²) in [7, 11) is 0. The van der Waals surface area contributed by atoms with Crippen molar-refractivity contribution in [2.75, 3.05) is 6.61 Å². The number of hydrogen-bond acceptors (Lipinski definition) is 8. The van der Waals surface area contributed by atoms with Crippen molar-refractivity contribution in [3.05, 3.63) is 155 Å². The second-order valence-electron chi connectivity index (χ2n) is 20.0. The first kappa shape index (κ1) is 51.2. The fourth-order valence-electron chi connectivity index (χ4n) is 8.34. The van der Waals surface area contributed by atoms with Gasteiger partial charge >= 0.3 is 12.1 Å². The number of aliphatic carboxylic acids is 1. The highest BCUT2D eigenvalue weighted by Crippen LogP contribution is 2.44. The van der Waals surface area contributed by atoms with E-state index in [-0.39, 0.29) is 44.1 Å². The van der Waals surface area contributed by atoms with Crippen LogP contribution in [-0.4, -0.2) is 76.9 Å². The lowest BCUT2D eigenvalue weighted by Crippen LogP contribution is -2.59. The largest absolute Gasteiger partial charge is 0.488 e. The van der Waals surface area contributed by atoms with Crippen LogP contribution in [0.3, 0.4) is 0 Å². The maximum Gasteiger partial charge on any atom is 0.407 e. The van der Waals surface area contributed by atoms with E-state index in [1.807, 2.05) is 110 Å². The first-order chi connectivity index (χ1) is 32.7. The number of nitrogens with one attached hydrogen (secondary N) is 4. The van der Waals surface area contributed by atoms with Gasteiger partial charge in [-0.2, -0.15) is 0 Å². The predicted molar refractivity (Wildman–Crippen MR) is 266 cm³/mol. The van der Waals surface area contributed by atoms with Gasteiger partial charge in [0.15, 0.2) is 0 Å². The smallest absolute Gasteiger partial charge is 0.407 e. The number of ether oxygens (including phenoxy) is 3. The van der Waals surface area contributed by atoms with Gasteiger partial charge in [0.1, 0.15) is 53.5 Å². The molecule has 5 N–H and O–H groups in total. The van der Waals surface area contributed by atoms with Gasteiger partial charge in [0.05, 0.1) is 0 Å². The van der Waals surface area contributed by atoms with E-state index < -0.39 is 65.2 Å². The van der Waals surface area contributed by atoms with Gasteiger partial charge in [-0.25, -0.2) is 9.59 Å². The molecule has 6 rings (SSSR count). The molecular formula is C56H66N4O9. The van der Waals surface area contributed by atoms with Crippen LogP contribution in [0.1, 0.15) is 95.5 Å². The summed E-state index contributed by atoms with van der Waals surface area (Å²) in [5.74, 6) is -2.34. The molecule has 0 unspecified atom stereocenters. The Hall–Kier alpha value is -7.15. The Morgan fingerprint density at radius 2 is 0.899 bits per heavy atom. The first-order valence-corrected chi connectivity index (χ1v) is 23.6. The third-order valence-electron chi connectivity index (χ3n) is 11.4. The summed E-state index contributed by atoms with van der Waals surface area (Å²) in [5.41, 5.74) is 5.36. The number of benzene rings is 5. The van der Waals surface area contributed by atoms with Gasteiger partial charge in [-0.3, -0.25) is 14.4 Å². The molecule has 0 aromatic heterocycles. The summed E-state index contributed by atoms with van der Waals surface area (Å²) in [6.07, 6.45) is -0.591. The number of carbonyl (C=O) groups excluding carboxylic acids is 4. The minimum atomic E-state index is -1.31. The molecule has 4 atom stereocenters. The van der Waals surface area contributed by atoms with Crippen LogP contribution in [0.5, 0.6) is 11.5 Å². The van der Waals surface area contributed by atoms with E-state index in [1.54, 1.807) is 72.8 Å². The number of hydrogen-bond donors (Lipinski definition) is 5. The van der Waals surface area contributed by atoms with E-state index >= 15 is 0 Å². The number of alkyl carbamates (subject to hydrolysis) is 1. The Kier molecular flexibility index (Phi) is 16.9. The third kappa shape index (κ3) is 15.2. The fourth-order valence-corrected chi connectivity index (χ4v) is 8.34. The summed E-state index contributed by atoms with van der Waals surface area (Å²) < 4.78 is 17.9. The lowest BCUT2D eigenvalue weighted by atomic mass is 9.98. The maximum atomic E-state index is 14.7. The van der Waals surface area contributed by atoms with Gasteiger partial charge < -0.3 is 40.6 Å². The van der Waals surface area contributed by atoms with Crippen molar-refractivity contribution in [2.24, 2.45) is 5.92 Å². The van der Waals surface area contributed by atoms with Gasteiger partial charge in [-0.15, -0.1) is 0 Å². The number of amides is 4. The highest BCUT2D eigenvalue weighted by atomic mass is 16.5. The van der Waals surface area contributed by atoms with E-state index in [4.69, 9.17) is 14.2 Å². The zero-order valence-electron chi connectivity index (χ0n) is 40.8. The molecule has 0 spiro atoms. The second-order valence-corrected chi connectivity index (χ2v) is 20.0. The molecule has 13 nitrogen and oxygen atoms in total. The Balaban J connectivity index is 1.25. The summed E-state index contributed by atoms with van der Waals surface area (Å²) in [4.78, 5) is 69.5. The van der Waals surface area contributed by atoms with Crippen molar-refractivity contribution in [1.82, 2.24) is 21.3 Å². The molecule has 0 saturated carbocycles. The molecule has 0 saturated heterocycles. The lowest BCUT2D eigenvalue weighted by Gasteiger charge is -2.27. The third-order valence-corrected chi connectivity index (χ3v) is 11.4. The number of carbonyl (C=O) groups is 5. The Morgan fingerprint density at radius 3 is 1.33 bits per heavy atom. The topological polar surface area (TPSA) is 181 Å². The van der Waals surface area contributed by atoms with Crippen LogP contribution in [0, 0.1) is 5.92 Å². The molecule has 5 aromatic carbocycles. The molecule has 0 fully saturated rings. The monoisotopic (exact) mass is 938 g/mol. The average molecular weight is 939 g/mol. The highest BCUT2D eigenvalue weighted by molar-refractivity contribution is 5.95. The van der Waals surface area contributed by atoms with Crippen LogP contribution in [0.15, 0.2) is 127 Å². The minimum Gasteiger partial charge on any atom is -0.488 e. The number of carboxylic acid groups (broad SMARTS) is 1. The maximum absolute atomic E-state index is 14.7. The van der Waals surface area contributed by atoms with Crippen molar-refractivity contribution in [2.45, 2.75) is 122 Å². The van der Waals surface area contributed by atoms with Crippen LogP contribution in [0.2, 0.25) is 0 Å². The number of fused-ring (bicyclic) bond motifs is 3. The first-order valence-electron chi connectivity index (χ1n) is 23.6. The van der Waals surface area contributed by atoms with Crippen molar-refractivity contribution in [1.29, 1.82) is 0 Å². The van der Waals surface area contributed by atoms with Gasteiger partial charge in [0.2, 0.25) is 17.7 Å². The predicted octanol–water partition coefficient (Wildman–Crippen LogP) is 8.56. The summed E-state index contributed by atoms with van der Waals surface area (Å²) in [5, 5.41) is 21.4. The van der Waals surface area contributed by atoms with E-state index in [0.29, 0.717) is 28.2 Å². The van der Waals surface area contributed by atoms with Crippen molar-refractivity contribution >= 4 is 29.8 Å². The molecule has 0 radical (unpaired) electrons. The molecule has 1 aliphatic carbocycles. The molecule has 13 heteroatoms. The normalized spacial score (nSPS) is 14.0. The van der Waals surface area contributed by atoms with Crippen LogP contribution < -0.4 is 30.7 Å².